The Bertz CT molecular complexity index is 2650. The molecule has 2 saturated heterocycles. The number of benzene rings is 4. The highest BCUT2D eigenvalue weighted by atomic mass is 16.5. The first kappa shape index (κ1) is 41.5. The normalized spacial score (nSPS) is 20.3. The molecule has 0 bridgehead atoms. The van der Waals surface area contributed by atoms with Crippen LogP contribution in [0.15, 0.2) is 60.7 Å². The molecule has 2 aliphatic rings. The standard InChI is InChI=1S/C46H54N8O7/c1-23(2)37(51-45(57)58)43(55)53-20-25(5)16-35(53)41-47-33-14-10-29-18-27(8-12-31(29)39(33)49-41)28-9-13-32-30(19-28)11-15-34-40(32)50-42(48-34)36-17-26(22-60-6)21-54(36)44(56)38(24(3)4)52-46(59)61-7/h8-15,18-19,23-26,35-38,51H,16-17,20-22H2,1-7H3,(H,47,49)(H,48,50)(H,52,59)(H,57,58)/t25-,26-,35-,36-,37-,38-/m0/s1. The van der Waals surface area contributed by atoms with Gasteiger partial charge in [0.2, 0.25) is 11.8 Å². The summed E-state index contributed by atoms with van der Waals surface area (Å²) in [5.74, 6) is 0.944. The minimum Gasteiger partial charge on any atom is -0.465 e. The van der Waals surface area contributed by atoms with E-state index in [0.717, 1.165) is 61.2 Å². The first-order chi connectivity index (χ1) is 29.2. The average molecular weight is 831 g/mol. The van der Waals surface area contributed by atoms with E-state index in [1.165, 1.54) is 7.11 Å². The van der Waals surface area contributed by atoms with Gasteiger partial charge in [0.1, 0.15) is 23.7 Å². The molecular formula is C46H54N8O7. The number of carbonyl (C=O) groups excluding carboxylic acids is 3. The monoisotopic (exact) mass is 830 g/mol. The highest BCUT2D eigenvalue weighted by Crippen LogP contribution is 2.40. The van der Waals surface area contributed by atoms with Gasteiger partial charge in [0.05, 0.1) is 47.9 Å². The van der Waals surface area contributed by atoms with Gasteiger partial charge in [-0.05, 0) is 76.8 Å². The second kappa shape index (κ2) is 16.7. The third-order valence-electron chi connectivity index (χ3n) is 12.4. The predicted molar refractivity (Wildman–Crippen MR) is 233 cm³/mol. The summed E-state index contributed by atoms with van der Waals surface area (Å²) in [5.41, 5.74) is 5.49. The van der Waals surface area contributed by atoms with Gasteiger partial charge in [0, 0.05) is 36.9 Å². The molecule has 4 heterocycles. The van der Waals surface area contributed by atoms with Gasteiger partial charge in [0.25, 0.3) is 0 Å². The van der Waals surface area contributed by atoms with E-state index in [2.05, 4.69) is 76.1 Å². The fourth-order valence-electron chi connectivity index (χ4n) is 9.37. The third-order valence-corrected chi connectivity index (χ3v) is 12.4. The second-order valence-electron chi connectivity index (χ2n) is 17.5. The number of nitrogens with one attached hydrogen (secondary N) is 4. The first-order valence-electron chi connectivity index (χ1n) is 21.0. The lowest BCUT2D eigenvalue weighted by atomic mass is 9.98. The van der Waals surface area contributed by atoms with Crippen LogP contribution in [-0.4, -0.2) is 105 Å². The lowest BCUT2D eigenvalue weighted by Gasteiger charge is -2.30. The van der Waals surface area contributed by atoms with E-state index in [1.807, 2.05) is 44.7 Å². The Hall–Kier alpha value is -6.22. The molecule has 6 aromatic rings. The van der Waals surface area contributed by atoms with E-state index in [-0.39, 0.29) is 47.6 Å². The molecule has 61 heavy (non-hydrogen) atoms. The van der Waals surface area contributed by atoms with E-state index >= 15 is 0 Å². The maximum absolute atomic E-state index is 14.0. The van der Waals surface area contributed by atoms with Crippen LogP contribution in [-0.2, 0) is 19.1 Å². The Morgan fingerprint density at radius 3 is 1.74 bits per heavy atom. The lowest BCUT2D eigenvalue weighted by Crippen LogP contribution is -2.51. The van der Waals surface area contributed by atoms with Gasteiger partial charge in [0.15, 0.2) is 0 Å². The number of ether oxygens (including phenoxy) is 2. The molecule has 0 unspecified atom stereocenters. The molecule has 15 nitrogen and oxygen atoms in total. The molecule has 2 aliphatic heterocycles. The van der Waals surface area contributed by atoms with E-state index in [0.29, 0.717) is 37.8 Å². The maximum Gasteiger partial charge on any atom is 0.407 e. The number of carboxylic acid groups (broad SMARTS) is 1. The molecule has 2 fully saturated rings. The smallest absolute Gasteiger partial charge is 0.407 e. The van der Waals surface area contributed by atoms with Crippen molar-refractivity contribution >= 4 is 67.6 Å². The van der Waals surface area contributed by atoms with Crippen molar-refractivity contribution in [2.45, 2.75) is 71.6 Å². The number of nitrogens with zero attached hydrogens (tertiary/aromatic N) is 4. The Balaban J connectivity index is 1.07. The largest absolute Gasteiger partial charge is 0.465 e. The van der Waals surface area contributed by atoms with Gasteiger partial charge < -0.3 is 45.0 Å². The number of aromatic amines is 2. The lowest BCUT2D eigenvalue weighted by molar-refractivity contribution is -0.136. The van der Waals surface area contributed by atoms with E-state index in [1.54, 1.807) is 12.0 Å². The van der Waals surface area contributed by atoms with Crippen molar-refractivity contribution in [1.82, 2.24) is 40.4 Å². The Morgan fingerprint density at radius 1 is 0.738 bits per heavy atom. The zero-order valence-electron chi connectivity index (χ0n) is 35.6. The molecule has 320 valence electrons. The van der Waals surface area contributed by atoms with Crippen LogP contribution in [0.5, 0.6) is 0 Å². The summed E-state index contributed by atoms with van der Waals surface area (Å²) in [6.45, 7) is 11.1. The molecule has 4 aromatic carbocycles. The van der Waals surface area contributed by atoms with Crippen molar-refractivity contribution in [2.24, 2.45) is 23.7 Å². The number of amides is 4. The number of imidazole rings is 2. The van der Waals surface area contributed by atoms with Crippen LogP contribution in [0.25, 0.3) is 54.7 Å². The predicted octanol–water partition coefficient (Wildman–Crippen LogP) is 7.53. The highest BCUT2D eigenvalue weighted by molar-refractivity contribution is 6.07. The molecule has 5 N–H and O–H groups in total. The van der Waals surface area contributed by atoms with Crippen LogP contribution in [0.2, 0.25) is 0 Å². The highest BCUT2D eigenvalue weighted by Gasteiger charge is 2.42. The van der Waals surface area contributed by atoms with Crippen LogP contribution >= 0.6 is 0 Å². The summed E-state index contributed by atoms with van der Waals surface area (Å²) >= 11 is 0. The zero-order valence-corrected chi connectivity index (χ0v) is 35.6. The molecule has 8 rings (SSSR count). The number of rotatable bonds is 11. The van der Waals surface area contributed by atoms with Gasteiger partial charge in [-0.2, -0.15) is 0 Å². The molecule has 0 radical (unpaired) electrons. The molecule has 0 saturated carbocycles. The number of hydrogen-bond donors (Lipinski definition) is 5. The third kappa shape index (κ3) is 7.94. The van der Waals surface area contributed by atoms with Crippen LogP contribution in [0.4, 0.5) is 9.59 Å². The number of aromatic nitrogens is 4. The van der Waals surface area contributed by atoms with Gasteiger partial charge >= 0.3 is 12.2 Å². The quantitative estimate of drug-likeness (QED) is 0.0877. The fraction of sp³-hybridized carbons (Fsp3) is 0.435. The SMILES string of the molecule is COC[C@H]1C[C@@H](c2nc3ccc4cc(-c5ccc6c(ccc7nc([C@@H]8C[C@H](C)CN8C(=O)[C@@H](NC(=O)O)C(C)C)[nH]c76)c5)ccc4c3[nH]2)N(C(=O)[C@@H](NC(=O)OC)C(C)C)C1. The van der Waals surface area contributed by atoms with Crippen LogP contribution in [0.1, 0.15) is 71.2 Å². The fourth-order valence-corrected chi connectivity index (χ4v) is 9.37. The minimum absolute atomic E-state index is 0.107. The van der Waals surface area contributed by atoms with Gasteiger partial charge in [-0.25, -0.2) is 19.6 Å². The average Bonchev–Trinajstić information content (AvgIpc) is 4.05. The summed E-state index contributed by atoms with van der Waals surface area (Å²) in [6, 6.07) is 18.7. The summed E-state index contributed by atoms with van der Waals surface area (Å²) in [7, 11) is 2.95. The summed E-state index contributed by atoms with van der Waals surface area (Å²) in [4.78, 5) is 72.2. The van der Waals surface area contributed by atoms with Crippen LogP contribution in [0, 0.1) is 23.7 Å². The van der Waals surface area contributed by atoms with Gasteiger partial charge in [-0.1, -0.05) is 71.0 Å². The number of methoxy groups -OCH3 is 2. The second-order valence-corrected chi connectivity index (χ2v) is 17.5. The molecule has 15 heteroatoms. The van der Waals surface area contributed by atoms with Crippen LogP contribution < -0.4 is 10.6 Å². The van der Waals surface area contributed by atoms with E-state index in [4.69, 9.17) is 19.4 Å². The van der Waals surface area contributed by atoms with Crippen molar-refractivity contribution in [3.05, 3.63) is 72.3 Å². The molecule has 0 aliphatic carbocycles. The van der Waals surface area contributed by atoms with Gasteiger partial charge in [-0.15, -0.1) is 0 Å². The van der Waals surface area contributed by atoms with E-state index < -0.39 is 24.3 Å². The first-order valence-corrected chi connectivity index (χ1v) is 21.0. The molecular weight excluding hydrogens is 777 g/mol. The van der Waals surface area contributed by atoms with E-state index in [9.17, 15) is 24.3 Å². The summed E-state index contributed by atoms with van der Waals surface area (Å²) < 4.78 is 10.3. The number of fused-ring (bicyclic) bond motifs is 6. The number of H-pyrrole nitrogens is 2. The maximum atomic E-state index is 14.0. The number of alkyl carbamates (subject to hydrolysis) is 1. The number of likely N-dealkylation sites (tertiary alicyclic amines) is 2. The molecule has 2 aromatic heterocycles. The summed E-state index contributed by atoms with van der Waals surface area (Å²) in [6.07, 6.45) is -0.472. The Kier molecular flexibility index (Phi) is 11.3. The van der Waals surface area contributed by atoms with Crippen molar-refractivity contribution in [3.8, 4) is 11.1 Å². The van der Waals surface area contributed by atoms with Crippen molar-refractivity contribution in [1.29, 1.82) is 0 Å². The molecule has 6 atom stereocenters. The minimum atomic E-state index is -1.22. The molecule has 4 amide bonds. The molecule has 0 spiro atoms. The van der Waals surface area contributed by atoms with Crippen molar-refractivity contribution in [3.63, 3.8) is 0 Å². The van der Waals surface area contributed by atoms with Crippen molar-refractivity contribution in [2.75, 3.05) is 33.9 Å². The zero-order chi connectivity index (χ0) is 43.3. The van der Waals surface area contributed by atoms with Crippen molar-refractivity contribution < 1.29 is 33.8 Å². The Labute approximate surface area is 353 Å². The summed E-state index contributed by atoms with van der Waals surface area (Å²) in [5, 5.41) is 18.7. The Morgan fingerprint density at radius 2 is 1.25 bits per heavy atom. The van der Waals surface area contributed by atoms with Crippen LogP contribution in [0.3, 0.4) is 0 Å². The van der Waals surface area contributed by atoms with Gasteiger partial charge in [-0.3, -0.25) is 9.59 Å². The topological polar surface area (TPSA) is 195 Å². The number of hydrogen-bond acceptors (Lipinski definition) is 8. The number of carbonyl (C=O) groups is 4.